The van der Waals surface area contributed by atoms with E-state index >= 15 is 0 Å². The van der Waals surface area contributed by atoms with Crippen LogP contribution >= 0.6 is 12.2 Å². The van der Waals surface area contributed by atoms with Gasteiger partial charge in [0.2, 0.25) is 0 Å². The average Bonchev–Trinajstić information content (AvgIpc) is 2.91. The maximum atomic E-state index is 5.57. The van der Waals surface area contributed by atoms with Crippen molar-refractivity contribution >= 4 is 17.2 Å². The van der Waals surface area contributed by atoms with Gasteiger partial charge in [0.1, 0.15) is 0 Å². The summed E-state index contributed by atoms with van der Waals surface area (Å²) < 4.78 is 0. The molecule has 1 fully saturated rings. The van der Waals surface area contributed by atoms with E-state index in [0.29, 0.717) is 6.04 Å². The average molecular weight is 295 g/mol. The predicted octanol–water partition coefficient (Wildman–Crippen LogP) is 4.78. The topological polar surface area (TPSA) is 3.24 Å². The molecule has 2 heteroatoms. The minimum absolute atomic E-state index is 0.481. The minimum atomic E-state index is 0.481. The van der Waals surface area contributed by atoms with Gasteiger partial charge in [-0.1, -0.05) is 72.9 Å². The molecule has 0 aromatic heterocycles. The lowest BCUT2D eigenvalue weighted by Crippen LogP contribution is -2.28. The van der Waals surface area contributed by atoms with Crippen molar-refractivity contribution in [2.45, 2.75) is 31.7 Å². The molecule has 1 saturated heterocycles. The number of hydrogen-bond acceptors (Lipinski definition) is 1. The summed E-state index contributed by atoms with van der Waals surface area (Å²) in [5.74, 6) is 0. The van der Waals surface area contributed by atoms with E-state index in [9.17, 15) is 0 Å². The zero-order valence-corrected chi connectivity index (χ0v) is 13.1. The number of hydrogen-bond donors (Lipinski definition) is 0. The number of nitrogens with zero attached hydrogens (tertiary/aromatic N) is 1. The van der Waals surface area contributed by atoms with Gasteiger partial charge in [-0.2, -0.15) is 0 Å². The summed E-state index contributed by atoms with van der Waals surface area (Å²) in [7, 11) is 0. The fourth-order valence-electron chi connectivity index (χ4n) is 3.13. The van der Waals surface area contributed by atoms with E-state index in [0.717, 1.165) is 37.2 Å². The van der Waals surface area contributed by atoms with Crippen molar-refractivity contribution in [3.05, 3.63) is 71.8 Å². The quantitative estimate of drug-likeness (QED) is 0.730. The van der Waals surface area contributed by atoms with Gasteiger partial charge in [-0.15, -0.1) is 0 Å². The van der Waals surface area contributed by atoms with Crippen LogP contribution in [0.3, 0.4) is 0 Å². The summed E-state index contributed by atoms with van der Waals surface area (Å²) in [6.45, 7) is 1.06. The Morgan fingerprint density at radius 3 is 2.33 bits per heavy atom. The van der Waals surface area contributed by atoms with Crippen LogP contribution in [-0.2, 0) is 6.42 Å². The molecule has 0 amide bonds. The lowest BCUT2D eigenvalue weighted by molar-refractivity contribution is 0.342. The van der Waals surface area contributed by atoms with Crippen LogP contribution in [0.15, 0.2) is 60.7 Å². The van der Waals surface area contributed by atoms with Gasteiger partial charge >= 0.3 is 0 Å². The Balaban J connectivity index is 1.61. The Labute approximate surface area is 132 Å². The highest BCUT2D eigenvalue weighted by atomic mass is 32.1. The van der Waals surface area contributed by atoms with Crippen LogP contribution < -0.4 is 0 Å². The number of likely N-dealkylation sites (tertiary alicyclic amines) is 1. The van der Waals surface area contributed by atoms with Crippen LogP contribution in [0.5, 0.6) is 0 Å². The van der Waals surface area contributed by atoms with E-state index < -0.39 is 0 Å². The summed E-state index contributed by atoms with van der Waals surface area (Å²) in [4.78, 5) is 3.57. The first-order valence-electron chi connectivity index (χ1n) is 7.73. The molecule has 21 heavy (non-hydrogen) atoms. The van der Waals surface area contributed by atoms with Gasteiger partial charge in [0.25, 0.3) is 0 Å². The number of aryl methyl sites for hydroxylation is 1. The molecule has 1 nitrogen and oxygen atoms in total. The molecule has 0 N–H and O–H groups in total. The highest BCUT2D eigenvalue weighted by molar-refractivity contribution is 7.80. The fourth-order valence-corrected chi connectivity index (χ4v) is 3.47. The zero-order chi connectivity index (χ0) is 14.5. The molecule has 0 aliphatic carbocycles. The zero-order valence-electron chi connectivity index (χ0n) is 12.2. The molecule has 0 radical (unpaired) electrons. The lowest BCUT2D eigenvalue weighted by atomic mass is 10.0. The number of benzene rings is 2. The molecule has 2 aromatic carbocycles. The van der Waals surface area contributed by atoms with E-state index in [2.05, 4.69) is 65.6 Å². The van der Waals surface area contributed by atoms with Crippen molar-refractivity contribution in [3.63, 3.8) is 0 Å². The van der Waals surface area contributed by atoms with Crippen LogP contribution in [0.4, 0.5) is 0 Å². The Kier molecular flexibility index (Phi) is 4.66. The monoisotopic (exact) mass is 295 g/mol. The first kappa shape index (κ1) is 14.3. The first-order valence-corrected chi connectivity index (χ1v) is 8.14. The highest BCUT2D eigenvalue weighted by Gasteiger charge is 2.28. The summed E-state index contributed by atoms with van der Waals surface area (Å²) in [5.41, 5.74) is 2.82. The molecule has 1 unspecified atom stereocenters. The second-order valence-electron chi connectivity index (χ2n) is 5.64. The molecule has 1 heterocycles. The number of rotatable bonds is 5. The molecule has 3 rings (SSSR count). The molecule has 1 aliphatic rings. The van der Waals surface area contributed by atoms with Crippen molar-refractivity contribution in [2.24, 2.45) is 0 Å². The Morgan fingerprint density at radius 1 is 0.952 bits per heavy atom. The molecule has 1 aliphatic heterocycles. The van der Waals surface area contributed by atoms with Crippen molar-refractivity contribution in [1.29, 1.82) is 0 Å². The normalized spacial score (nSPS) is 18.2. The molecular weight excluding hydrogens is 274 g/mol. The molecule has 0 bridgehead atoms. The van der Waals surface area contributed by atoms with Gasteiger partial charge in [0.15, 0.2) is 0 Å². The molecule has 1 atom stereocenters. The van der Waals surface area contributed by atoms with Gasteiger partial charge in [-0.25, -0.2) is 0 Å². The van der Waals surface area contributed by atoms with Crippen molar-refractivity contribution < 1.29 is 0 Å². The summed E-state index contributed by atoms with van der Waals surface area (Å²) in [5, 5.41) is 0. The van der Waals surface area contributed by atoms with E-state index in [-0.39, 0.29) is 0 Å². The highest BCUT2D eigenvalue weighted by Crippen LogP contribution is 2.33. The molecular formula is C19H21NS. The standard InChI is InChI=1S/C19H21NS/c21-19-14-13-18(17-11-5-2-6-12-17)20(19)15-7-10-16-8-3-1-4-9-16/h1-6,8-9,11-12,18H,7,10,13-15H2. The van der Waals surface area contributed by atoms with Crippen LogP contribution in [0.25, 0.3) is 0 Å². The van der Waals surface area contributed by atoms with Crippen molar-refractivity contribution in [3.8, 4) is 0 Å². The van der Waals surface area contributed by atoms with Gasteiger partial charge in [-0.05, 0) is 30.4 Å². The Hall–Kier alpha value is -1.67. The van der Waals surface area contributed by atoms with Gasteiger partial charge in [0, 0.05) is 13.0 Å². The maximum Gasteiger partial charge on any atom is 0.0785 e. The third-order valence-corrected chi connectivity index (χ3v) is 4.66. The molecule has 108 valence electrons. The Morgan fingerprint density at radius 2 is 1.62 bits per heavy atom. The second kappa shape index (κ2) is 6.86. The van der Waals surface area contributed by atoms with Crippen LogP contribution in [0.2, 0.25) is 0 Å². The predicted molar refractivity (Wildman–Crippen MR) is 92.5 cm³/mol. The van der Waals surface area contributed by atoms with E-state index in [1.54, 1.807) is 0 Å². The SMILES string of the molecule is S=C1CCC(c2ccccc2)N1CCCc1ccccc1. The molecule has 2 aromatic rings. The van der Waals surface area contributed by atoms with Gasteiger partial charge < -0.3 is 4.90 Å². The van der Waals surface area contributed by atoms with Crippen LogP contribution in [-0.4, -0.2) is 16.4 Å². The first-order chi connectivity index (χ1) is 10.3. The third-order valence-electron chi connectivity index (χ3n) is 4.22. The van der Waals surface area contributed by atoms with E-state index in [4.69, 9.17) is 12.2 Å². The van der Waals surface area contributed by atoms with Gasteiger partial charge in [-0.3, -0.25) is 0 Å². The largest absolute Gasteiger partial charge is 0.359 e. The minimum Gasteiger partial charge on any atom is -0.359 e. The smallest absolute Gasteiger partial charge is 0.0785 e. The Bertz CT molecular complexity index is 579. The van der Waals surface area contributed by atoms with Crippen molar-refractivity contribution in [1.82, 2.24) is 4.90 Å². The summed E-state index contributed by atoms with van der Waals surface area (Å²) >= 11 is 5.57. The molecule has 0 spiro atoms. The van der Waals surface area contributed by atoms with Crippen LogP contribution in [0.1, 0.15) is 36.4 Å². The van der Waals surface area contributed by atoms with Crippen molar-refractivity contribution in [2.75, 3.05) is 6.54 Å². The lowest BCUT2D eigenvalue weighted by Gasteiger charge is -2.27. The number of thiocarbonyl (C=S) groups is 1. The fraction of sp³-hybridized carbons (Fsp3) is 0.316. The maximum absolute atomic E-state index is 5.57. The second-order valence-corrected chi connectivity index (χ2v) is 6.11. The van der Waals surface area contributed by atoms with Gasteiger partial charge in [0.05, 0.1) is 11.0 Å². The summed E-state index contributed by atoms with van der Waals surface area (Å²) in [6.07, 6.45) is 4.50. The third kappa shape index (κ3) is 3.51. The van der Waals surface area contributed by atoms with E-state index in [1.807, 2.05) is 0 Å². The molecule has 0 saturated carbocycles. The summed E-state index contributed by atoms with van der Waals surface area (Å²) in [6, 6.07) is 22.0. The van der Waals surface area contributed by atoms with E-state index in [1.165, 1.54) is 11.1 Å². The van der Waals surface area contributed by atoms with Crippen LogP contribution in [0, 0.1) is 0 Å².